The zero-order valence-corrected chi connectivity index (χ0v) is 9.43. The van der Waals surface area contributed by atoms with E-state index in [1.807, 2.05) is 18.2 Å². The molecular weight excluding hydrogens is 226 g/mol. The third-order valence-corrected chi connectivity index (χ3v) is 2.96. The van der Waals surface area contributed by atoms with Crippen LogP contribution < -0.4 is 0 Å². The van der Waals surface area contributed by atoms with Gasteiger partial charge in [-0.15, -0.1) is 0 Å². The van der Waals surface area contributed by atoms with Crippen LogP contribution in [0, 0.1) is 11.3 Å². The molecule has 68 valence electrons. The molecule has 0 bridgehead atoms. The third-order valence-electron chi connectivity index (χ3n) is 2.27. The summed E-state index contributed by atoms with van der Waals surface area (Å²) in [6, 6.07) is 7.89. The molecule has 1 atom stereocenters. The lowest BCUT2D eigenvalue weighted by molar-refractivity contribution is 0.730. The van der Waals surface area contributed by atoms with Crippen LogP contribution in [0.1, 0.15) is 37.3 Å². The Hall–Kier alpha value is -0.810. The Morgan fingerprint density at radius 2 is 2.23 bits per heavy atom. The molecule has 2 heteroatoms. The van der Waals surface area contributed by atoms with Crippen molar-refractivity contribution in [1.29, 1.82) is 5.26 Å². The van der Waals surface area contributed by atoms with Crippen LogP contribution in [0.4, 0.5) is 0 Å². The quantitative estimate of drug-likeness (QED) is 0.767. The molecule has 1 rings (SSSR count). The molecule has 1 nitrogen and oxygen atoms in total. The molecule has 1 aromatic rings. The zero-order chi connectivity index (χ0) is 9.84. The predicted molar refractivity (Wildman–Crippen MR) is 57.6 cm³/mol. The predicted octanol–water partition coefficient (Wildman–Crippen LogP) is 3.83. The molecule has 1 unspecified atom stereocenters. The molecule has 0 saturated heterocycles. The second-order valence-corrected chi connectivity index (χ2v) is 4.01. The van der Waals surface area contributed by atoms with Gasteiger partial charge in [-0.05, 0) is 30.0 Å². The van der Waals surface area contributed by atoms with Gasteiger partial charge in [0.25, 0.3) is 0 Å². The smallest absolute Gasteiger partial charge is 0.0992 e. The number of rotatable bonds is 2. The molecule has 0 N–H and O–H groups in total. The fourth-order valence-electron chi connectivity index (χ4n) is 1.22. The summed E-state index contributed by atoms with van der Waals surface area (Å²) in [6.45, 7) is 4.35. The second kappa shape index (κ2) is 4.43. The van der Waals surface area contributed by atoms with E-state index in [0.717, 1.165) is 10.9 Å². The average Bonchev–Trinajstić information content (AvgIpc) is 2.16. The van der Waals surface area contributed by atoms with Crippen molar-refractivity contribution in [2.24, 2.45) is 0 Å². The van der Waals surface area contributed by atoms with E-state index in [-0.39, 0.29) is 0 Å². The minimum absolute atomic E-state index is 0.544. The van der Waals surface area contributed by atoms with Crippen molar-refractivity contribution < 1.29 is 0 Å². The van der Waals surface area contributed by atoms with Gasteiger partial charge in [0, 0.05) is 4.47 Å². The van der Waals surface area contributed by atoms with Crippen molar-refractivity contribution in [2.45, 2.75) is 26.2 Å². The van der Waals surface area contributed by atoms with E-state index in [1.165, 1.54) is 5.56 Å². The van der Waals surface area contributed by atoms with Crippen molar-refractivity contribution in [1.82, 2.24) is 0 Å². The Morgan fingerprint density at radius 3 is 2.69 bits per heavy atom. The van der Waals surface area contributed by atoms with Gasteiger partial charge in [0.05, 0.1) is 11.6 Å². The summed E-state index contributed by atoms with van der Waals surface area (Å²) in [5.41, 5.74) is 1.99. The summed E-state index contributed by atoms with van der Waals surface area (Å²) in [4.78, 5) is 0. The topological polar surface area (TPSA) is 23.8 Å². The van der Waals surface area contributed by atoms with Gasteiger partial charge < -0.3 is 0 Å². The molecule has 0 saturated carbocycles. The van der Waals surface area contributed by atoms with Gasteiger partial charge in [0.2, 0.25) is 0 Å². The van der Waals surface area contributed by atoms with Crippen LogP contribution in [0.2, 0.25) is 0 Å². The lowest BCUT2D eigenvalue weighted by Crippen LogP contribution is -1.92. The van der Waals surface area contributed by atoms with E-state index in [4.69, 9.17) is 5.26 Å². The molecule has 0 heterocycles. The molecular formula is C11H12BrN. The van der Waals surface area contributed by atoms with E-state index in [0.29, 0.717) is 11.5 Å². The molecule has 0 spiro atoms. The van der Waals surface area contributed by atoms with Crippen molar-refractivity contribution in [3.05, 3.63) is 33.8 Å². The van der Waals surface area contributed by atoms with E-state index in [2.05, 4.69) is 35.8 Å². The van der Waals surface area contributed by atoms with Gasteiger partial charge in [-0.1, -0.05) is 35.8 Å². The van der Waals surface area contributed by atoms with Crippen LogP contribution in [-0.2, 0) is 0 Å². The van der Waals surface area contributed by atoms with Gasteiger partial charge in [0.15, 0.2) is 0 Å². The fourth-order valence-corrected chi connectivity index (χ4v) is 1.99. The highest BCUT2D eigenvalue weighted by Crippen LogP contribution is 2.27. The van der Waals surface area contributed by atoms with E-state index < -0.39 is 0 Å². The van der Waals surface area contributed by atoms with Gasteiger partial charge >= 0.3 is 0 Å². The maximum atomic E-state index is 8.68. The normalized spacial score (nSPS) is 12.2. The van der Waals surface area contributed by atoms with Crippen LogP contribution in [0.25, 0.3) is 0 Å². The Bertz CT molecular complexity index is 338. The van der Waals surface area contributed by atoms with Crippen LogP contribution in [0.15, 0.2) is 22.7 Å². The summed E-state index contributed by atoms with van der Waals surface area (Å²) >= 11 is 3.48. The van der Waals surface area contributed by atoms with Gasteiger partial charge in [-0.3, -0.25) is 0 Å². The SMILES string of the molecule is CCC(C)c1ccc(C#N)cc1Br. The van der Waals surface area contributed by atoms with Gasteiger partial charge in [-0.2, -0.15) is 5.26 Å². The molecule has 0 aromatic heterocycles. The van der Waals surface area contributed by atoms with Crippen LogP contribution in [-0.4, -0.2) is 0 Å². The maximum absolute atomic E-state index is 8.68. The molecule has 0 aliphatic carbocycles. The largest absolute Gasteiger partial charge is 0.192 e. The third kappa shape index (κ3) is 2.32. The Kier molecular flexibility index (Phi) is 3.50. The fraction of sp³-hybridized carbons (Fsp3) is 0.364. The molecule has 0 aliphatic heterocycles. The molecule has 13 heavy (non-hydrogen) atoms. The minimum Gasteiger partial charge on any atom is -0.192 e. The highest BCUT2D eigenvalue weighted by atomic mass is 79.9. The first-order chi connectivity index (χ1) is 6.19. The minimum atomic E-state index is 0.544. The highest BCUT2D eigenvalue weighted by Gasteiger charge is 2.07. The summed E-state index contributed by atoms with van der Waals surface area (Å²) in [6.07, 6.45) is 1.12. The molecule has 0 radical (unpaired) electrons. The van der Waals surface area contributed by atoms with Crippen LogP contribution in [0.3, 0.4) is 0 Å². The number of benzene rings is 1. The molecule has 1 aromatic carbocycles. The van der Waals surface area contributed by atoms with Gasteiger partial charge in [0.1, 0.15) is 0 Å². The Morgan fingerprint density at radius 1 is 1.54 bits per heavy atom. The van der Waals surface area contributed by atoms with Crippen molar-refractivity contribution in [3.8, 4) is 6.07 Å². The summed E-state index contributed by atoms with van der Waals surface area (Å²) < 4.78 is 1.04. The summed E-state index contributed by atoms with van der Waals surface area (Å²) in [7, 11) is 0. The zero-order valence-electron chi connectivity index (χ0n) is 7.84. The summed E-state index contributed by atoms with van der Waals surface area (Å²) in [5.74, 6) is 0.544. The average molecular weight is 238 g/mol. The first-order valence-electron chi connectivity index (χ1n) is 4.38. The number of hydrogen-bond donors (Lipinski definition) is 0. The molecule has 0 aliphatic rings. The van der Waals surface area contributed by atoms with Crippen molar-refractivity contribution in [2.75, 3.05) is 0 Å². The van der Waals surface area contributed by atoms with Crippen LogP contribution >= 0.6 is 15.9 Å². The summed E-state index contributed by atoms with van der Waals surface area (Å²) in [5, 5.41) is 8.68. The second-order valence-electron chi connectivity index (χ2n) is 3.16. The maximum Gasteiger partial charge on any atom is 0.0992 e. The first kappa shape index (κ1) is 10.3. The monoisotopic (exact) mass is 237 g/mol. The lowest BCUT2D eigenvalue weighted by Gasteiger charge is -2.10. The van der Waals surface area contributed by atoms with Crippen LogP contribution in [0.5, 0.6) is 0 Å². The van der Waals surface area contributed by atoms with E-state index >= 15 is 0 Å². The Balaban J connectivity index is 3.07. The number of nitrogens with zero attached hydrogens (tertiary/aromatic N) is 1. The molecule has 0 amide bonds. The van der Waals surface area contributed by atoms with E-state index in [9.17, 15) is 0 Å². The highest BCUT2D eigenvalue weighted by molar-refractivity contribution is 9.10. The number of halogens is 1. The molecule has 0 fully saturated rings. The van der Waals surface area contributed by atoms with Gasteiger partial charge in [-0.25, -0.2) is 0 Å². The standard InChI is InChI=1S/C11H12BrN/c1-3-8(2)10-5-4-9(7-13)6-11(10)12/h4-6,8H,3H2,1-2H3. The Labute approximate surface area is 87.5 Å². The lowest BCUT2D eigenvalue weighted by atomic mass is 9.98. The van der Waals surface area contributed by atoms with Crippen molar-refractivity contribution in [3.63, 3.8) is 0 Å². The number of hydrogen-bond acceptors (Lipinski definition) is 1. The van der Waals surface area contributed by atoms with Crippen molar-refractivity contribution >= 4 is 15.9 Å². The van der Waals surface area contributed by atoms with E-state index in [1.54, 1.807) is 0 Å². The first-order valence-corrected chi connectivity index (χ1v) is 5.18. The number of nitriles is 1.